The first kappa shape index (κ1) is 13.2. The molecule has 0 saturated heterocycles. The van der Waals surface area contributed by atoms with E-state index in [0.717, 1.165) is 5.56 Å². The van der Waals surface area contributed by atoms with Crippen molar-refractivity contribution in [2.45, 2.75) is 32.6 Å². The molecule has 0 aliphatic heterocycles. The Bertz CT molecular complexity index is 435. The minimum atomic E-state index is -0.740. The van der Waals surface area contributed by atoms with Crippen LogP contribution in [0.1, 0.15) is 31.9 Å². The molecule has 0 saturated carbocycles. The van der Waals surface area contributed by atoms with E-state index in [1.54, 1.807) is 0 Å². The SMILES string of the molecule is CC(C)(C)c1ccc(CC(C#N)C(N)=O)cc1. The Morgan fingerprint density at radius 2 is 1.88 bits per heavy atom. The van der Waals surface area contributed by atoms with Gasteiger partial charge in [0.05, 0.1) is 6.07 Å². The monoisotopic (exact) mass is 230 g/mol. The lowest BCUT2D eigenvalue weighted by atomic mass is 9.86. The van der Waals surface area contributed by atoms with Crippen molar-refractivity contribution in [3.8, 4) is 6.07 Å². The summed E-state index contributed by atoms with van der Waals surface area (Å²) in [5.74, 6) is -1.30. The van der Waals surface area contributed by atoms with Crippen LogP contribution in [0.2, 0.25) is 0 Å². The Morgan fingerprint density at radius 1 is 1.35 bits per heavy atom. The summed E-state index contributed by atoms with van der Waals surface area (Å²) in [6.07, 6.45) is 0.385. The number of nitriles is 1. The average molecular weight is 230 g/mol. The normalized spacial score (nSPS) is 12.8. The van der Waals surface area contributed by atoms with Gasteiger partial charge >= 0.3 is 0 Å². The molecule has 3 heteroatoms. The van der Waals surface area contributed by atoms with Gasteiger partial charge < -0.3 is 5.73 Å². The summed E-state index contributed by atoms with van der Waals surface area (Å²) in [5, 5.41) is 8.79. The second-order valence-corrected chi connectivity index (χ2v) is 5.24. The second-order valence-electron chi connectivity index (χ2n) is 5.24. The van der Waals surface area contributed by atoms with Crippen LogP contribution in [0.3, 0.4) is 0 Å². The zero-order valence-electron chi connectivity index (χ0n) is 10.5. The molecule has 17 heavy (non-hydrogen) atoms. The maximum atomic E-state index is 11.0. The van der Waals surface area contributed by atoms with Crippen molar-refractivity contribution < 1.29 is 4.79 Å². The molecule has 1 aromatic rings. The molecule has 1 unspecified atom stereocenters. The molecule has 0 fully saturated rings. The molecule has 1 rings (SSSR count). The molecule has 0 aliphatic carbocycles. The Morgan fingerprint density at radius 3 is 2.24 bits per heavy atom. The summed E-state index contributed by atoms with van der Waals surface area (Å²) in [5.41, 5.74) is 7.43. The minimum Gasteiger partial charge on any atom is -0.369 e. The number of carbonyl (C=O) groups is 1. The Labute approximate surface area is 102 Å². The van der Waals surface area contributed by atoms with Crippen LogP contribution in [-0.2, 0) is 16.6 Å². The third-order valence-electron chi connectivity index (χ3n) is 2.76. The van der Waals surface area contributed by atoms with Crippen molar-refractivity contribution in [3.05, 3.63) is 35.4 Å². The van der Waals surface area contributed by atoms with E-state index in [4.69, 9.17) is 11.0 Å². The maximum Gasteiger partial charge on any atom is 0.235 e. The number of benzene rings is 1. The van der Waals surface area contributed by atoms with Gasteiger partial charge in [-0.05, 0) is 23.0 Å². The van der Waals surface area contributed by atoms with Gasteiger partial charge in [0.25, 0.3) is 0 Å². The zero-order valence-corrected chi connectivity index (χ0v) is 10.5. The van der Waals surface area contributed by atoms with E-state index < -0.39 is 11.8 Å². The average Bonchev–Trinajstić information content (AvgIpc) is 2.25. The number of rotatable bonds is 3. The van der Waals surface area contributed by atoms with Gasteiger partial charge in [-0.3, -0.25) is 4.79 Å². The fourth-order valence-electron chi connectivity index (χ4n) is 1.59. The number of nitrogens with zero attached hydrogens (tertiary/aromatic N) is 1. The van der Waals surface area contributed by atoms with Crippen LogP contribution in [0.5, 0.6) is 0 Å². The topological polar surface area (TPSA) is 66.9 Å². The third kappa shape index (κ3) is 3.60. The first-order valence-corrected chi connectivity index (χ1v) is 5.63. The van der Waals surface area contributed by atoms with E-state index in [1.807, 2.05) is 30.3 Å². The Kier molecular flexibility index (Phi) is 3.90. The summed E-state index contributed by atoms with van der Waals surface area (Å²) in [6.45, 7) is 6.43. The summed E-state index contributed by atoms with van der Waals surface area (Å²) in [7, 11) is 0. The van der Waals surface area contributed by atoms with Gasteiger partial charge in [0.15, 0.2) is 0 Å². The van der Waals surface area contributed by atoms with Gasteiger partial charge in [0.1, 0.15) is 5.92 Å². The minimum absolute atomic E-state index is 0.108. The standard InChI is InChI=1S/C14H18N2O/c1-14(2,3)12-6-4-10(5-7-12)8-11(9-15)13(16)17/h4-7,11H,8H2,1-3H3,(H2,16,17). The van der Waals surface area contributed by atoms with Crippen molar-refractivity contribution in [2.24, 2.45) is 11.7 Å². The van der Waals surface area contributed by atoms with Gasteiger partial charge in [-0.15, -0.1) is 0 Å². The Balaban J connectivity index is 2.83. The van der Waals surface area contributed by atoms with Crippen LogP contribution in [0.25, 0.3) is 0 Å². The fraction of sp³-hybridized carbons (Fsp3) is 0.429. The Hall–Kier alpha value is -1.82. The lowest BCUT2D eigenvalue weighted by Gasteiger charge is -2.19. The van der Waals surface area contributed by atoms with E-state index in [0.29, 0.717) is 6.42 Å². The molecule has 1 aromatic carbocycles. The van der Waals surface area contributed by atoms with Gasteiger partial charge in [-0.1, -0.05) is 45.0 Å². The lowest BCUT2D eigenvalue weighted by Crippen LogP contribution is -2.23. The molecule has 3 nitrogen and oxygen atoms in total. The predicted molar refractivity (Wildman–Crippen MR) is 67.1 cm³/mol. The molecule has 0 heterocycles. The van der Waals surface area contributed by atoms with Crippen LogP contribution in [0.4, 0.5) is 0 Å². The van der Waals surface area contributed by atoms with Crippen LogP contribution >= 0.6 is 0 Å². The van der Waals surface area contributed by atoms with Crippen molar-refractivity contribution in [1.29, 1.82) is 5.26 Å². The molecular weight excluding hydrogens is 212 g/mol. The van der Waals surface area contributed by atoms with Crippen molar-refractivity contribution in [3.63, 3.8) is 0 Å². The van der Waals surface area contributed by atoms with Crippen LogP contribution in [-0.4, -0.2) is 5.91 Å². The number of hydrogen-bond acceptors (Lipinski definition) is 2. The molecule has 0 spiro atoms. The van der Waals surface area contributed by atoms with Gasteiger partial charge in [0.2, 0.25) is 5.91 Å². The first-order valence-electron chi connectivity index (χ1n) is 5.63. The molecule has 90 valence electrons. The van der Waals surface area contributed by atoms with Crippen molar-refractivity contribution in [1.82, 2.24) is 0 Å². The maximum absolute atomic E-state index is 11.0. The quantitative estimate of drug-likeness (QED) is 0.864. The molecule has 1 amide bonds. The molecule has 0 aromatic heterocycles. The van der Waals surface area contributed by atoms with Gasteiger partial charge in [0, 0.05) is 0 Å². The van der Waals surface area contributed by atoms with Crippen LogP contribution in [0.15, 0.2) is 24.3 Å². The number of primary amides is 1. The van der Waals surface area contributed by atoms with E-state index in [-0.39, 0.29) is 5.41 Å². The third-order valence-corrected chi connectivity index (χ3v) is 2.76. The first-order chi connectivity index (χ1) is 7.84. The molecule has 1 atom stereocenters. The lowest BCUT2D eigenvalue weighted by molar-refractivity contribution is -0.120. The summed E-state index contributed by atoms with van der Waals surface area (Å²) >= 11 is 0. The van der Waals surface area contributed by atoms with Crippen molar-refractivity contribution >= 4 is 5.91 Å². The number of carbonyl (C=O) groups excluding carboxylic acids is 1. The van der Waals surface area contributed by atoms with E-state index in [2.05, 4.69) is 20.8 Å². The fourth-order valence-corrected chi connectivity index (χ4v) is 1.59. The molecule has 2 N–H and O–H groups in total. The highest BCUT2D eigenvalue weighted by Crippen LogP contribution is 2.22. The zero-order chi connectivity index (χ0) is 13.1. The molecular formula is C14H18N2O. The van der Waals surface area contributed by atoms with Crippen molar-refractivity contribution in [2.75, 3.05) is 0 Å². The van der Waals surface area contributed by atoms with E-state index >= 15 is 0 Å². The molecule has 0 aliphatic rings. The number of hydrogen-bond donors (Lipinski definition) is 1. The molecule has 0 radical (unpaired) electrons. The predicted octanol–water partition coefficient (Wildman–Crippen LogP) is 2.15. The van der Waals surface area contributed by atoms with Gasteiger partial charge in [-0.2, -0.15) is 5.26 Å². The highest BCUT2D eigenvalue weighted by molar-refractivity contribution is 5.79. The van der Waals surface area contributed by atoms with E-state index in [9.17, 15) is 4.79 Å². The summed E-state index contributed by atoms with van der Waals surface area (Å²) < 4.78 is 0. The second kappa shape index (κ2) is 5.01. The highest BCUT2D eigenvalue weighted by Gasteiger charge is 2.16. The highest BCUT2D eigenvalue weighted by atomic mass is 16.1. The molecule has 0 bridgehead atoms. The van der Waals surface area contributed by atoms with Crippen LogP contribution < -0.4 is 5.73 Å². The smallest absolute Gasteiger partial charge is 0.235 e. The van der Waals surface area contributed by atoms with E-state index in [1.165, 1.54) is 5.56 Å². The summed E-state index contributed by atoms with van der Waals surface area (Å²) in [4.78, 5) is 11.0. The number of amides is 1. The largest absolute Gasteiger partial charge is 0.369 e. The van der Waals surface area contributed by atoms with Crippen LogP contribution in [0, 0.1) is 17.2 Å². The number of nitrogens with two attached hydrogens (primary N) is 1. The summed E-state index contributed by atoms with van der Waals surface area (Å²) in [6, 6.07) is 9.89. The van der Waals surface area contributed by atoms with Gasteiger partial charge in [-0.25, -0.2) is 0 Å².